The zero-order valence-corrected chi connectivity index (χ0v) is 16.2. The van der Waals surface area contributed by atoms with Gasteiger partial charge in [0, 0.05) is 12.6 Å². The number of hydrogen-bond acceptors (Lipinski definition) is 4. The lowest BCUT2D eigenvalue weighted by Crippen LogP contribution is -2.20. The van der Waals surface area contributed by atoms with Gasteiger partial charge in [-0.15, -0.1) is 0 Å². The first-order valence-electron chi connectivity index (χ1n) is 7.24. The molecule has 0 spiro atoms. The number of amides is 1. The Hall–Kier alpha value is -1.67. The zero-order valence-electron chi connectivity index (χ0n) is 13.3. The lowest BCUT2D eigenvalue weighted by atomic mass is 10.2. The molecule has 0 atom stereocenters. The molecule has 0 aliphatic heterocycles. The number of furan rings is 1. The molecule has 24 heavy (non-hydrogen) atoms. The van der Waals surface area contributed by atoms with E-state index < -0.39 is 0 Å². The van der Waals surface area contributed by atoms with Crippen molar-refractivity contribution >= 4 is 46.2 Å². The Morgan fingerprint density at radius 3 is 2.83 bits per heavy atom. The molecule has 1 aromatic heterocycles. The average Bonchev–Trinajstić information content (AvgIpc) is 2.98. The van der Waals surface area contributed by atoms with E-state index in [0.717, 1.165) is 9.33 Å². The highest BCUT2D eigenvalue weighted by Crippen LogP contribution is 2.36. The largest absolute Gasteiger partial charge is 0.493 e. The Kier molecular flexibility index (Phi) is 6.99. The molecule has 1 N–H and O–H groups in total. The minimum absolute atomic E-state index is 0.231. The van der Waals surface area contributed by atoms with E-state index in [1.54, 1.807) is 31.4 Å². The number of nitrogens with one attached hydrogen (secondary N) is 1. The first-order chi connectivity index (χ1) is 11.5. The molecule has 0 fully saturated rings. The number of benzene rings is 1. The van der Waals surface area contributed by atoms with Crippen molar-refractivity contribution in [2.24, 2.45) is 0 Å². The van der Waals surface area contributed by atoms with Crippen LogP contribution in [0.1, 0.15) is 18.2 Å². The highest BCUT2D eigenvalue weighted by molar-refractivity contribution is 14.1. The average molecular weight is 462 g/mol. The fraction of sp³-hybridized carbons (Fsp3) is 0.235. The van der Waals surface area contributed by atoms with Crippen LogP contribution in [0.2, 0.25) is 5.02 Å². The Morgan fingerprint density at radius 2 is 2.21 bits per heavy atom. The van der Waals surface area contributed by atoms with E-state index in [9.17, 15) is 4.79 Å². The van der Waals surface area contributed by atoms with Crippen molar-refractivity contribution in [2.45, 2.75) is 13.5 Å². The lowest BCUT2D eigenvalue weighted by Gasteiger charge is -2.13. The second-order valence-electron chi connectivity index (χ2n) is 4.74. The van der Waals surface area contributed by atoms with Crippen LogP contribution in [0.4, 0.5) is 0 Å². The van der Waals surface area contributed by atoms with Gasteiger partial charge in [-0.05, 0) is 65.4 Å². The maximum Gasteiger partial charge on any atom is 0.244 e. The monoisotopic (exact) mass is 461 g/mol. The summed E-state index contributed by atoms with van der Waals surface area (Å²) in [6.07, 6.45) is 3.03. The molecule has 5 nitrogen and oxygen atoms in total. The Morgan fingerprint density at radius 1 is 1.42 bits per heavy atom. The van der Waals surface area contributed by atoms with Gasteiger partial charge >= 0.3 is 0 Å². The molecule has 0 radical (unpaired) electrons. The van der Waals surface area contributed by atoms with Gasteiger partial charge in [0.15, 0.2) is 15.3 Å². The van der Waals surface area contributed by atoms with Gasteiger partial charge in [-0.3, -0.25) is 4.79 Å². The van der Waals surface area contributed by atoms with Crippen molar-refractivity contribution in [1.82, 2.24) is 5.32 Å². The van der Waals surface area contributed by atoms with Crippen LogP contribution in [-0.2, 0) is 11.3 Å². The van der Waals surface area contributed by atoms with Crippen LogP contribution in [0.25, 0.3) is 6.08 Å². The fourth-order valence-corrected chi connectivity index (χ4v) is 2.71. The van der Waals surface area contributed by atoms with Gasteiger partial charge in [-0.1, -0.05) is 11.6 Å². The normalized spacial score (nSPS) is 10.8. The third-order valence-electron chi connectivity index (χ3n) is 3.04. The van der Waals surface area contributed by atoms with Gasteiger partial charge in [0.25, 0.3) is 0 Å². The third-order valence-corrected chi connectivity index (χ3v) is 3.90. The Bertz CT molecular complexity index is 742. The van der Waals surface area contributed by atoms with Gasteiger partial charge in [0.1, 0.15) is 5.76 Å². The van der Waals surface area contributed by atoms with Crippen LogP contribution < -0.4 is 14.8 Å². The number of methoxy groups -OCH3 is 1. The predicted molar refractivity (Wildman–Crippen MR) is 101 cm³/mol. The topological polar surface area (TPSA) is 60.7 Å². The fourth-order valence-electron chi connectivity index (χ4n) is 1.98. The molecule has 2 aromatic rings. The van der Waals surface area contributed by atoms with Crippen LogP contribution in [-0.4, -0.2) is 19.6 Å². The second-order valence-corrected chi connectivity index (χ2v) is 6.21. The standard InChI is InChI=1S/C17H17ClINO4/c1-3-23-17-13(18)8-11(9-14(17)22-2)10-20-16(21)7-5-12-4-6-15(19)24-12/h4-9H,3,10H2,1-2H3,(H,20,21). The molecule has 7 heteroatoms. The van der Waals surface area contributed by atoms with E-state index in [1.807, 2.05) is 13.0 Å². The van der Waals surface area contributed by atoms with E-state index in [-0.39, 0.29) is 5.91 Å². The Labute approximate surface area is 159 Å². The van der Waals surface area contributed by atoms with Gasteiger partial charge in [-0.25, -0.2) is 0 Å². The maximum atomic E-state index is 11.9. The highest BCUT2D eigenvalue weighted by atomic mass is 127. The summed E-state index contributed by atoms with van der Waals surface area (Å²) >= 11 is 8.27. The molecule has 0 saturated carbocycles. The molecule has 1 heterocycles. The van der Waals surface area contributed by atoms with Gasteiger partial charge < -0.3 is 19.2 Å². The Balaban J connectivity index is 1.99. The van der Waals surface area contributed by atoms with Crippen molar-refractivity contribution in [3.8, 4) is 11.5 Å². The van der Waals surface area contributed by atoms with Crippen LogP contribution >= 0.6 is 34.2 Å². The van der Waals surface area contributed by atoms with Crippen LogP contribution in [0.15, 0.2) is 34.8 Å². The molecule has 1 amide bonds. The minimum atomic E-state index is -0.231. The van der Waals surface area contributed by atoms with Gasteiger partial charge in [0.2, 0.25) is 5.91 Å². The summed E-state index contributed by atoms with van der Waals surface area (Å²) in [6, 6.07) is 7.15. The number of hydrogen-bond donors (Lipinski definition) is 1. The SMILES string of the molecule is CCOc1c(Cl)cc(CNC(=O)C=Cc2ccc(I)o2)cc1OC. The summed E-state index contributed by atoms with van der Waals surface area (Å²) in [6.45, 7) is 2.68. The molecule has 1 aromatic carbocycles. The highest BCUT2D eigenvalue weighted by Gasteiger charge is 2.11. The smallest absolute Gasteiger partial charge is 0.244 e. The molecule has 0 aliphatic carbocycles. The second kappa shape index (κ2) is 8.98. The molecule has 2 rings (SSSR count). The first kappa shape index (κ1) is 18.7. The van der Waals surface area contributed by atoms with Crippen LogP contribution in [0, 0.1) is 3.77 Å². The predicted octanol–water partition coefficient (Wildman–Crippen LogP) is 4.27. The molecule has 0 unspecified atom stereocenters. The minimum Gasteiger partial charge on any atom is -0.493 e. The summed E-state index contributed by atoms with van der Waals surface area (Å²) in [4.78, 5) is 11.9. The van der Waals surface area contributed by atoms with E-state index in [4.69, 9.17) is 25.5 Å². The number of carbonyl (C=O) groups excluding carboxylic acids is 1. The van der Waals surface area contributed by atoms with Crippen LogP contribution in [0.5, 0.6) is 11.5 Å². The zero-order chi connectivity index (χ0) is 17.5. The van der Waals surface area contributed by atoms with E-state index >= 15 is 0 Å². The molecular formula is C17H17ClINO4. The van der Waals surface area contributed by atoms with Gasteiger partial charge in [-0.2, -0.15) is 0 Å². The summed E-state index contributed by atoms with van der Waals surface area (Å²) in [5.74, 6) is 1.43. The van der Waals surface area contributed by atoms with E-state index in [0.29, 0.717) is 35.4 Å². The maximum absolute atomic E-state index is 11.9. The number of halogens is 2. The van der Waals surface area contributed by atoms with Crippen molar-refractivity contribution < 1.29 is 18.7 Å². The summed E-state index contributed by atoms with van der Waals surface area (Å²) in [5, 5.41) is 3.23. The van der Waals surface area contributed by atoms with Gasteiger partial charge in [0.05, 0.1) is 18.7 Å². The van der Waals surface area contributed by atoms with E-state index in [1.165, 1.54) is 6.08 Å². The van der Waals surface area contributed by atoms with Crippen LogP contribution in [0.3, 0.4) is 0 Å². The number of rotatable bonds is 7. The van der Waals surface area contributed by atoms with Crippen molar-refractivity contribution in [2.75, 3.05) is 13.7 Å². The van der Waals surface area contributed by atoms with E-state index in [2.05, 4.69) is 27.9 Å². The summed E-state index contributed by atoms with van der Waals surface area (Å²) < 4.78 is 16.9. The molecular weight excluding hydrogens is 445 g/mol. The number of ether oxygens (including phenoxy) is 2. The third kappa shape index (κ3) is 5.17. The summed E-state index contributed by atoms with van der Waals surface area (Å²) in [7, 11) is 1.55. The molecule has 0 bridgehead atoms. The molecule has 0 saturated heterocycles. The quantitative estimate of drug-likeness (QED) is 0.494. The molecule has 128 valence electrons. The first-order valence-corrected chi connectivity index (χ1v) is 8.69. The van der Waals surface area contributed by atoms with Crippen molar-refractivity contribution in [3.63, 3.8) is 0 Å². The molecule has 0 aliphatic rings. The summed E-state index contributed by atoms with van der Waals surface area (Å²) in [5.41, 5.74) is 0.814. The van der Waals surface area contributed by atoms with Crippen molar-refractivity contribution in [1.29, 1.82) is 0 Å². The van der Waals surface area contributed by atoms with Crippen molar-refractivity contribution in [3.05, 3.63) is 50.5 Å². The lowest BCUT2D eigenvalue weighted by molar-refractivity contribution is -0.116. The number of carbonyl (C=O) groups is 1.